The van der Waals surface area contributed by atoms with Crippen LogP contribution in [0.3, 0.4) is 0 Å². The van der Waals surface area contributed by atoms with E-state index < -0.39 is 5.41 Å². The molecule has 1 saturated heterocycles. The highest BCUT2D eigenvalue weighted by molar-refractivity contribution is 9.10. The van der Waals surface area contributed by atoms with Gasteiger partial charge in [-0.25, -0.2) is 4.39 Å². The lowest BCUT2D eigenvalue weighted by atomic mass is 9.89. The Morgan fingerprint density at radius 2 is 2.35 bits per heavy atom. The monoisotopic (exact) mass is 300 g/mol. The number of hydrogen-bond acceptors (Lipinski definition) is 2. The molecule has 0 aromatic heterocycles. The standard InChI is InChI=1S/C12H14BrFN2O/c1-12(4-5-15-7-12)11(17)16-8-2-3-9(13)10(14)6-8/h2-3,6,15H,4-5,7H2,1H3,(H,16,17). The highest BCUT2D eigenvalue weighted by Gasteiger charge is 2.36. The maximum Gasteiger partial charge on any atom is 0.231 e. The number of halogens is 2. The van der Waals surface area contributed by atoms with Crippen molar-refractivity contribution < 1.29 is 9.18 Å². The van der Waals surface area contributed by atoms with Gasteiger partial charge >= 0.3 is 0 Å². The molecular formula is C12H14BrFN2O. The lowest BCUT2D eigenvalue weighted by Gasteiger charge is -2.21. The number of carbonyl (C=O) groups is 1. The molecule has 1 fully saturated rings. The van der Waals surface area contributed by atoms with E-state index in [9.17, 15) is 9.18 Å². The summed E-state index contributed by atoms with van der Waals surface area (Å²) in [6.45, 7) is 3.42. The maximum atomic E-state index is 13.3. The largest absolute Gasteiger partial charge is 0.325 e. The maximum absolute atomic E-state index is 13.3. The molecule has 92 valence electrons. The van der Waals surface area contributed by atoms with E-state index in [1.807, 2.05) is 6.92 Å². The quantitative estimate of drug-likeness (QED) is 0.881. The third-order valence-corrected chi connectivity index (χ3v) is 3.74. The second kappa shape index (κ2) is 4.74. The van der Waals surface area contributed by atoms with E-state index in [2.05, 4.69) is 26.6 Å². The Bertz CT molecular complexity index is 444. The molecule has 0 saturated carbocycles. The minimum absolute atomic E-state index is 0.0655. The predicted molar refractivity (Wildman–Crippen MR) is 68.3 cm³/mol. The third-order valence-electron chi connectivity index (χ3n) is 3.09. The van der Waals surface area contributed by atoms with Gasteiger partial charge in [0.15, 0.2) is 0 Å². The molecule has 1 heterocycles. The molecule has 0 aliphatic carbocycles. The number of rotatable bonds is 2. The predicted octanol–water partition coefficient (Wildman–Crippen LogP) is 2.53. The molecule has 0 radical (unpaired) electrons. The average molecular weight is 301 g/mol. The van der Waals surface area contributed by atoms with Crippen molar-refractivity contribution in [3.8, 4) is 0 Å². The van der Waals surface area contributed by atoms with Crippen molar-refractivity contribution >= 4 is 27.5 Å². The van der Waals surface area contributed by atoms with Crippen LogP contribution in [0.2, 0.25) is 0 Å². The van der Waals surface area contributed by atoms with Gasteiger partial charge in [-0.2, -0.15) is 0 Å². The smallest absolute Gasteiger partial charge is 0.231 e. The fraction of sp³-hybridized carbons (Fsp3) is 0.417. The molecule has 1 aromatic rings. The highest BCUT2D eigenvalue weighted by atomic mass is 79.9. The first-order valence-corrected chi connectivity index (χ1v) is 6.28. The van der Waals surface area contributed by atoms with Crippen molar-refractivity contribution in [3.63, 3.8) is 0 Å². The highest BCUT2D eigenvalue weighted by Crippen LogP contribution is 2.27. The van der Waals surface area contributed by atoms with Crippen molar-refractivity contribution in [1.82, 2.24) is 5.32 Å². The van der Waals surface area contributed by atoms with Gasteiger partial charge in [-0.15, -0.1) is 0 Å². The Labute approximate surface area is 108 Å². The van der Waals surface area contributed by atoms with E-state index in [4.69, 9.17) is 0 Å². The van der Waals surface area contributed by atoms with Gasteiger partial charge < -0.3 is 10.6 Å². The van der Waals surface area contributed by atoms with Gasteiger partial charge in [0.05, 0.1) is 9.89 Å². The number of anilines is 1. The van der Waals surface area contributed by atoms with E-state index in [0.29, 0.717) is 16.7 Å². The molecule has 2 N–H and O–H groups in total. The van der Waals surface area contributed by atoms with Crippen LogP contribution < -0.4 is 10.6 Å². The molecule has 5 heteroatoms. The first-order valence-electron chi connectivity index (χ1n) is 5.48. The molecular weight excluding hydrogens is 287 g/mol. The minimum Gasteiger partial charge on any atom is -0.325 e. The summed E-state index contributed by atoms with van der Waals surface area (Å²) in [4.78, 5) is 12.0. The summed E-state index contributed by atoms with van der Waals surface area (Å²) in [5.74, 6) is -0.443. The molecule has 17 heavy (non-hydrogen) atoms. The lowest BCUT2D eigenvalue weighted by molar-refractivity contribution is -0.123. The van der Waals surface area contributed by atoms with Crippen LogP contribution in [0.1, 0.15) is 13.3 Å². The van der Waals surface area contributed by atoms with Gasteiger partial charge in [0.25, 0.3) is 0 Å². The second-order valence-corrected chi connectivity index (χ2v) is 5.42. The molecule has 1 aliphatic rings. The number of hydrogen-bond donors (Lipinski definition) is 2. The van der Waals surface area contributed by atoms with Gasteiger partial charge in [-0.05, 0) is 54.0 Å². The Morgan fingerprint density at radius 1 is 1.59 bits per heavy atom. The van der Waals surface area contributed by atoms with E-state index in [1.165, 1.54) is 6.07 Å². The second-order valence-electron chi connectivity index (χ2n) is 4.57. The van der Waals surface area contributed by atoms with E-state index >= 15 is 0 Å². The van der Waals surface area contributed by atoms with Crippen LogP contribution in [0.25, 0.3) is 0 Å². The first-order chi connectivity index (χ1) is 8.01. The zero-order valence-corrected chi connectivity index (χ0v) is 11.1. The lowest BCUT2D eigenvalue weighted by Crippen LogP contribution is -2.35. The third kappa shape index (κ3) is 2.66. The Morgan fingerprint density at radius 3 is 2.94 bits per heavy atom. The van der Waals surface area contributed by atoms with Crippen molar-refractivity contribution in [2.45, 2.75) is 13.3 Å². The number of amides is 1. The normalized spacial score (nSPS) is 23.7. The summed E-state index contributed by atoms with van der Waals surface area (Å²) in [5, 5.41) is 5.91. The molecule has 1 atom stereocenters. The fourth-order valence-electron chi connectivity index (χ4n) is 1.87. The Balaban J connectivity index is 2.10. The van der Waals surface area contributed by atoms with Crippen molar-refractivity contribution in [1.29, 1.82) is 0 Å². The number of carbonyl (C=O) groups excluding carboxylic acids is 1. The van der Waals surface area contributed by atoms with E-state index in [-0.39, 0.29) is 11.7 Å². The zero-order valence-electron chi connectivity index (χ0n) is 9.52. The fourth-order valence-corrected chi connectivity index (χ4v) is 2.11. The summed E-state index contributed by atoms with van der Waals surface area (Å²) in [6, 6.07) is 4.57. The molecule has 3 nitrogen and oxygen atoms in total. The minimum atomic E-state index is -0.399. The van der Waals surface area contributed by atoms with Crippen molar-refractivity contribution in [2.75, 3.05) is 18.4 Å². The topological polar surface area (TPSA) is 41.1 Å². The summed E-state index contributed by atoms with van der Waals surface area (Å²) in [6.07, 6.45) is 0.803. The van der Waals surface area contributed by atoms with Crippen LogP contribution in [0.15, 0.2) is 22.7 Å². The van der Waals surface area contributed by atoms with Gasteiger partial charge in [0.1, 0.15) is 5.82 Å². The molecule has 1 aliphatic heterocycles. The van der Waals surface area contributed by atoms with Crippen molar-refractivity contribution in [2.24, 2.45) is 5.41 Å². The molecule has 0 spiro atoms. The van der Waals surface area contributed by atoms with Crippen LogP contribution in [0.4, 0.5) is 10.1 Å². The summed E-state index contributed by atoms with van der Waals surface area (Å²) < 4.78 is 13.7. The molecule has 1 amide bonds. The molecule has 0 bridgehead atoms. The van der Waals surface area contributed by atoms with E-state index in [1.54, 1.807) is 12.1 Å². The van der Waals surface area contributed by atoms with Crippen LogP contribution in [-0.4, -0.2) is 19.0 Å². The molecule has 1 aromatic carbocycles. The molecule has 2 rings (SSSR count). The summed E-state index contributed by atoms with van der Waals surface area (Å²) in [7, 11) is 0. The van der Waals surface area contributed by atoms with E-state index in [0.717, 1.165) is 13.0 Å². The first kappa shape index (κ1) is 12.5. The van der Waals surface area contributed by atoms with Crippen LogP contribution in [-0.2, 0) is 4.79 Å². The Hall–Kier alpha value is -0.940. The summed E-state index contributed by atoms with van der Waals surface area (Å²) in [5.41, 5.74) is 0.0904. The van der Waals surface area contributed by atoms with Crippen LogP contribution >= 0.6 is 15.9 Å². The van der Waals surface area contributed by atoms with Gasteiger partial charge in [0, 0.05) is 12.2 Å². The number of nitrogens with one attached hydrogen (secondary N) is 2. The van der Waals surface area contributed by atoms with Gasteiger partial charge in [-0.3, -0.25) is 4.79 Å². The SMILES string of the molecule is CC1(C(=O)Nc2ccc(Br)c(F)c2)CCNC1. The average Bonchev–Trinajstić information content (AvgIpc) is 2.72. The molecule has 1 unspecified atom stereocenters. The number of benzene rings is 1. The van der Waals surface area contributed by atoms with Gasteiger partial charge in [0.2, 0.25) is 5.91 Å². The van der Waals surface area contributed by atoms with Crippen LogP contribution in [0.5, 0.6) is 0 Å². The van der Waals surface area contributed by atoms with Crippen molar-refractivity contribution in [3.05, 3.63) is 28.5 Å². The zero-order chi connectivity index (χ0) is 12.5. The van der Waals surface area contributed by atoms with Crippen LogP contribution in [0, 0.1) is 11.2 Å². The summed E-state index contributed by atoms with van der Waals surface area (Å²) >= 11 is 3.07. The van der Waals surface area contributed by atoms with Gasteiger partial charge in [-0.1, -0.05) is 0 Å². The Kier molecular flexibility index (Phi) is 3.49.